The quantitative estimate of drug-likeness (QED) is 0.410. The molecule has 0 saturated heterocycles. The number of aryl methyl sites for hydroxylation is 2. The summed E-state index contributed by atoms with van der Waals surface area (Å²) in [5, 5.41) is 2.46. The Kier molecular flexibility index (Phi) is 6.06. The predicted octanol–water partition coefficient (Wildman–Crippen LogP) is 4.59. The highest BCUT2D eigenvalue weighted by Crippen LogP contribution is 2.42. The highest BCUT2D eigenvalue weighted by Gasteiger charge is 2.35. The van der Waals surface area contributed by atoms with Gasteiger partial charge in [0.1, 0.15) is 11.2 Å². The molecule has 5 rings (SSSR count). The molecule has 0 N–H and O–H groups in total. The van der Waals surface area contributed by atoms with Crippen LogP contribution in [0.2, 0.25) is 0 Å². The van der Waals surface area contributed by atoms with Gasteiger partial charge in [-0.25, -0.2) is 4.98 Å². The average molecular weight is 490 g/mol. The zero-order valence-electron chi connectivity index (χ0n) is 20.2. The van der Waals surface area contributed by atoms with Crippen LogP contribution in [0.15, 0.2) is 52.8 Å². The summed E-state index contributed by atoms with van der Waals surface area (Å²) in [6, 6.07) is 11.2. The first kappa shape index (κ1) is 23.1. The van der Waals surface area contributed by atoms with E-state index in [4.69, 9.17) is 9.47 Å². The van der Waals surface area contributed by atoms with Crippen molar-refractivity contribution in [2.75, 3.05) is 20.8 Å². The number of thiophene rings is 1. The van der Waals surface area contributed by atoms with Crippen molar-refractivity contribution in [2.24, 2.45) is 0 Å². The van der Waals surface area contributed by atoms with Gasteiger partial charge >= 0.3 is 0 Å². The van der Waals surface area contributed by atoms with Crippen molar-refractivity contribution in [1.29, 1.82) is 0 Å². The number of hydrogen-bond acceptors (Lipinski definition) is 6. The van der Waals surface area contributed by atoms with Crippen LogP contribution < -0.4 is 14.9 Å². The van der Waals surface area contributed by atoms with Gasteiger partial charge in [-0.2, -0.15) is 0 Å². The van der Waals surface area contributed by atoms with Crippen LogP contribution in [0.3, 0.4) is 0 Å². The largest absolute Gasteiger partial charge is 0.493 e. The smallest absolute Gasteiger partial charge is 0.260 e. The minimum atomic E-state index is -0.327. The van der Waals surface area contributed by atoms with E-state index in [1.807, 2.05) is 59.0 Å². The number of amides is 1. The summed E-state index contributed by atoms with van der Waals surface area (Å²) in [5.41, 5.74) is 3.39. The van der Waals surface area contributed by atoms with Crippen LogP contribution in [0.4, 0.5) is 0 Å². The van der Waals surface area contributed by atoms with Crippen LogP contribution in [0.1, 0.15) is 45.0 Å². The molecular formula is C27H27N3O4S. The third kappa shape index (κ3) is 3.87. The molecule has 7 nitrogen and oxygen atoms in total. The lowest BCUT2D eigenvalue weighted by molar-refractivity contribution is 0.0695. The second-order valence-corrected chi connectivity index (χ2v) is 9.53. The maximum atomic E-state index is 14.0. The molecule has 0 bridgehead atoms. The second kappa shape index (κ2) is 9.19. The number of carbonyl (C=O) groups is 1. The molecule has 0 radical (unpaired) electrons. The van der Waals surface area contributed by atoms with Gasteiger partial charge in [-0.3, -0.25) is 9.59 Å². The summed E-state index contributed by atoms with van der Waals surface area (Å²) < 4.78 is 13.0. The summed E-state index contributed by atoms with van der Waals surface area (Å²) in [7, 11) is 3.22. The summed E-state index contributed by atoms with van der Waals surface area (Å²) >= 11 is 1.59. The Bertz CT molecular complexity index is 1480. The fourth-order valence-corrected chi connectivity index (χ4v) is 5.68. The average Bonchev–Trinajstić information content (AvgIpc) is 3.41. The van der Waals surface area contributed by atoms with Gasteiger partial charge in [0, 0.05) is 29.9 Å². The van der Waals surface area contributed by atoms with Gasteiger partial charge in [-0.05, 0) is 67.1 Å². The SMILES string of the molecule is CCn1cc(C(=O)N2CCc3cc(OC)c(OC)cc3[C@@H]2c2cccs2)c(=O)c2ccc(C)nc21. The van der Waals surface area contributed by atoms with E-state index in [-0.39, 0.29) is 22.9 Å². The molecule has 1 amide bonds. The fraction of sp³-hybridized carbons (Fsp3) is 0.296. The number of ether oxygens (including phenoxy) is 2. The Hall–Kier alpha value is -3.65. The van der Waals surface area contributed by atoms with Crippen molar-refractivity contribution in [1.82, 2.24) is 14.5 Å². The Morgan fingerprint density at radius 1 is 1.17 bits per heavy atom. The standard InChI is InChI=1S/C27H27N3O4S/c1-5-29-15-20(25(31)18-9-8-16(2)28-26(18)29)27(32)30-11-10-17-13-21(33-3)22(34-4)14-19(17)24(30)23-7-6-12-35-23/h6-9,12-15,24H,5,10-11H2,1-4H3/t24-/m1/s1. The maximum Gasteiger partial charge on any atom is 0.260 e. The molecule has 4 aromatic rings. The number of rotatable bonds is 5. The lowest BCUT2D eigenvalue weighted by Crippen LogP contribution is -2.42. The molecule has 1 aliphatic heterocycles. The molecule has 0 unspecified atom stereocenters. The summed E-state index contributed by atoms with van der Waals surface area (Å²) in [6.45, 7) is 4.96. The van der Waals surface area contributed by atoms with Gasteiger partial charge < -0.3 is 18.9 Å². The number of fused-ring (bicyclic) bond motifs is 2. The van der Waals surface area contributed by atoms with E-state index in [0.29, 0.717) is 42.0 Å². The molecule has 180 valence electrons. The predicted molar refractivity (Wildman–Crippen MR) is 137 cm³/mol. The topological polar surface area (TPSA) is 73.7 Å². The molecular weight excluding hydrogens is 462 g/mol. The molecule has 0 spiro atoms. The molecule has 0 saturated carbocycles. The number of methoxy groups -OCH3 is 2. The summed E-state index contributed by atoms with van der Waals surface area (Å²) in [4.78, 5) is 34.9. The van der Waals surface area contributed by atoms with Gasteiger partial charge in [0.2, 0.25) is 5.43 Å². The van der Waals surface area contributed by atoms with E-state index in [1.165, 1.54) is 0 Å². The van der Waals surface area contributed by atoms with Crippen LogP contribution in [0, 0.1) is 6.92 Å². The Morgan fingerprint density at radius 3 is 2.63 bits per heavy atom. The van der Waals surface area contributed by atoms with Crippen molar-refractivity contribution in [3.05, 3.63) is 85.5 Å². The minimum absolute atomic E-state index is 0.162. The Balaban J connectivity index is 1.66. The summed E-state index contributed by atoms with van der Waals surface area (Å²) in [6.07, 6.45) is 2.31. The molecule has 0 fully saturated rings. The molecule has 0 aliphatic carbocycles. The van der Waals surface area contributed by atoms with E-state index < -0.39 is 0 Å². The number of aromatic nitrogens is 2. The van der Waals surface area contributed by atoms with Gasteiger partial charge in [0.25, 0.3) is 5.91 Å². The first-order valence-electron chi connectivity index (χ1n) is 11.6. The van der Waals surface area contributed by atoms with Crippen LogP contribution in [0.5, 0.6) is 11.5 Å². The van der Waals surface area contributed by atoms with Crippen molar-refractivity contribution in [2.45, 2.75) is 32.9 Å². The number of hydrogen-bond donors (Lipinski definition) is 0. The van der Waals surface area contributed by atoms with E-state index >= 15 is 0 Å². The van der Waals surface area contributed by atoms with Gasteiger partial charge in [0.15, 0.2) is 11.5 Å². The van der Waals surface area contributed by atoms with Crippen molar-refractivity contribution >= 4 is 28.3 Å². The maximum absolute atomic E-state index is 14.0. The van der Waals surface area contributed by atoms with E-state index in [1.54, 1.807) is 37.8 Å². The van der Waals surface area contributed by atoms with Crippen LogP contribution >= 0.6 is 11.3 Å². The van der Waals surface area contributed by atoms with Gasteiger partial charge in [-0.15, -0.1) is 11.3 Å². The lowest BCUT2D eigenvalue weighted by Gasteiger charge is -2.37. The van der Waals surface area contributed by atoms with Gasteiger partial charge in [-0.1, -0.05) is 6.07 Å². The van der Waals surface area contributed by atoms with Crippen molar-refractivity contribution in [3.8, 4) is 11.5 Å². The van der Waals surface area contributed by atoms with Crippen LogP contribution in [-0.2, 0) is 13.0 Å². The third-order valence-corrected chi connectivity index (χ3v) is 7.50. The van der Waals surface area contributed by atoms with E-state index in [9.17, 15) is 9.59 Å². The Morgan fingerprint density at radius 2 is 1.94 bits per heavy atom. The molecule has 3 aromatic heterocycles. The van der Waals surface area contributed by atoms with E-state index in [2.05, 4.69) is 4.98 Å². The normalized spacial score (nSPS) is 15.2. The monoisotopic (exact) mass is 489 g/mol. The molecule has 1 aromatic carbocycles. The van der Waals surface area contributed by atoms with E-state index in [0.717, 1.165) is 21.7 Å². The molecule has 1 aliphatic rings. The lowest BCUT2D eigenvalue weighted by atomic mass is 9.90. The highest BCUT2D eigenvalue weighted by atomic mass is 32.1. The first-order chi connectivity index (χ1) is 17.0. The molecule has 35 heavy (non-hydrogen) atoms. The molecule has 4 heterocycles. The second-order valence-electron chi connectivity index (χ2n) is 8.55. The fourth-order valence-electron chi connectivity index (χ4n) is 4.83. The van der Waals surface area contributed by atoms with Crippen molar-refractivity contribution < 1.29 is 14.3 Å². The molecule has 1 atom stereocenters. The van der Waals surface area contributed by atoms with Crippen LogP contribution in [-0.4, -0.2) is 41.1 Å². The van der Waals surface area contributed by atoms with Crippen LogP contribution in [0.25, 0.3) is 11.0 Å². The Labute approximate surface area is 207 Å². The zero-order valence-corrected chi connectivity index (χ0v) is 21.0. The highest BCUT2D eigenvalue weighted by molar-refractivity contribution is 7.10. The molecule has 8 heteroatoms. The zero-order chi connectivity index (χ0) is 24.7. The van der Waals surface area contributed by atoms with Gasteiger partial charge in [0.05, 0.1) is 25.6 Å². The van der Waals surface area contributed by atoms with Crippen molar-refractivity contribution in [3.63, 3.8) is 0 Å². The number of pyridine rings is 2. The number of carbonyl (C=O) groups excluding carboxylic acids is 1. The number of benzene rings is 1. The minimum Gasteiger partial charge on any atom is -0.493 e. The summed E-state index contributed by atoms with van der Waals surface area (Å²) in [5.74, 6) is 1.00. The number of nitrogens with zero attached hydrogens (tertiary/aromatic N) is 3. The first-order valence-corrected chi connectivity index (χ1v) is 12.4. The third-order valence-electron chi connectivity index (χ3n) is 6.58.